The predicted molar refractivity (Wildman–Crippen MR) is 53.4 cm³/mol. The fourth-order valence-electron chi connectivity index (χ4n) is 1.67. The van der Waals surface area contributed by atoms with Crippen molar-refractivity contribution in [2.75, 3.05) is 6.54 Å². The number of carbonyl (C=O) groups excluding carboxylic acids is 1. The minimum atomic E-state index is -0.480. The number of ketones is 1. The van der Waals surface area contributed by atoms with Crippen molar-refractivity contribution in [1.29, 1.82) is 0 Å². The predicted octanol–water partition coefficient (Wildman–Crippen LogP) is 1.40. The van der Waals surface area contributed by atoms with Crippen LogP contribution in [0.4, 0.5) is 0 Å². The summed E-state index contributed by atoms with van der Waals surface area (Å²) in [4.78, 5) is 12.9. The van der Waals surface area contributed by atoms with Gasteiger partial charge in [-0.25, -0.2) is 0 Å². The monoisotopic (exact) mass is 187 g/mol. The van der Waals surface area contributed by atoms with E-state index in [-0.39, 0.29) is 11.8 Å². The van der Waals surface area contributed by atoms with Crippen LogP contribution in [0.1, 0.15) is 40.5 Å². The summed E-state index contributed by atoms with van der Waals surface area (Å²) in [7, 11) is 0. The first-order chi connectivity index (χ1) is 6.13. The molecule has 1 saturated heterocycles. The zero-order valence-electron chi connectivity index (χ0n) is 9.08. The van der Waals surface area contributed by atoms with Crippen molar-refractivity contribution in [3.63, 3.8) is 0 Å². The van der Waals surface area contributed by atoms with Crippen molar-refractivity contribution < 1.29 is 9.90 Å². The average Bonchev–Trinajstić information content (AvgIpc) is 2.55. The fraction of sp³-hybridized carbons (Fsp3) is 0.900. The maximum absolute atomic E-state index is 11.0. The normalized spacial score (nSPS) is 24.8. The van der Waals surface area contributed by atoms with Gasteiger partial charge >= 0.3 is 0 Å². The molecule has 0 aromatic carbocycles. The Kier molecular flexibility index (Phi) is 5.91. The van der Waals surface area contributed by atoms with Gasteiger partial charge in [-0.3, -0.25) is 9.69 Å². The highest BCUT2D eigenvalue weighted by molar-refractivity contribution is 5.81. The summed E-state index contributed by atoms with van der Waals surface area (Å²) in [5, 5.41) is 9.25. The Hall–Kier alpha value is -0.410. The van der Waals surface area contributed by atoms with Crippen molar-refractivity contribution in [2.45, 2.75) is 52.8 Å². The van der Waals surface area contributed by atoms with Crippen molar-refractivity contribution in [3.05, 3.63) is 0 Å². The molecule has 0 aliphatic carbocycles. The molecule has 0 spiro atoms. The fourth-order valence-corrected chi connectivity index (χ4v) is 1.67. The molecule has 0 aromatic rings. The number of Topliss-reactive ketones (excluding diaryl/α,β-unsaturated/α-hetero) is 1. The van der Waals surface area contributed by atoms with Gasteiger partial charge in [0.25, 0.3) is 0 Å². The molecule has 0 saturated carbocycles. The number of hydrogen-bond acceptors (Lipinski definition) is 3. The second kappa shape index (κ2) is 6.11. The molecule has 1 aliphatic heterocycles. The van der Waals surface area contributed by atoms with E-state index in [4.69, 9.17) is 0 Å². The third-order valence-corrected chi connectivity index (χ3v) is 2.24. The van der Waals surface area contributed by atoms with Gasteiger partial charge in [0.15, 0.2) is 0 Å². The largest absolute Gasteiger partial charge is 0.379 e. The third kappa shape index (κ3) is 3.44. The van der Waals surface area contributed by atoms with E-state index in [0.717, 1.165) is 19.4 Å². The molecular formula is C10H21NO2. The number of hydrogen-bond donors (Lipinski definition) is 1. The van der Waals surface area contributed by atoms with Gasteiger partial charge in [-0.15, -0.1) is 0 Å². The lowest BCUT2D eigenvalue weighted by Crippen LogP contribution is -2.40. The zero-order chi connectivity index (χ0) is 10.4. The van der Waals surface area contributed by atoms with Crippen molar-refractivity contribution in [1.82, 2.24) is 4.90 Å². The Balaban J connectivity index is 0.000000671. The molecule has 1 heterocycles. The van der Waals surface area contributed by atoms with Crippen LogP contribution in [0.15, 0.2) is 0 Å². The molecule has 0 radical (unpaired) electrons. The zero-order valence-corrected chi connectivity index (χ0v) is 9.08. The molecule has 2 atom stereocenters. The van der Waals surface area contributed by atoms with Gasteiger partial charge < -0.3 is 5.11 Å². The number of carbonyl (C=O) groups is 1. The van der Waals surface area contributed by atoms with Crippen LogP contribution in [-0.4, -0.2) is 34.6 Å². The van der Waals surface area contributed by atoms with Crippen LogP contribution in [0.5, 0.6) is 0 Å². The maximum Gasteiger partial charge on any atom is 0.146 e. The summed E-state index contributed by atoms with van der Waals surface area (Å²) >= 11 is 0. The van der Waals surface area contributed by atoms with E-state index in [1.165, 1.54) is 0 Å². The minimum Gasteiger partial charge on any atom is -0.379 e. The molecule has 3 nitrogen and oxygen atoms in total. The maximum atomic E-state index is 11.0. The van der Waals surface area contributed by atoms with Gasteiger partial charge in [0.2, 0.25) is 0 Å². The SMILES string of the molecule is CC.CC(=O)C1CCCN1C(C)O. The van der Waals surface area contributed by atoms with Crippen LogP contribution in [0.2, 0.25) is 0 Å². The van der Waals surface area contributed by atoms with Gasteiger partial charge in [-0.05, 0) is 26.7 Å². The topological polar surface area (TPSA) is 40.5 Å². The van der Waals surface area contributed by atoms with Gasteiger partial charge in [0.1, 0.15) is 12.0 Å². The molecule has 0 bridgehead atoms. The first-order valence-corrected chi connectivity index (χ1v) is 5.07. The van der Waals surface area contributed by atoms with E-state index in [2.05, 4.69) is 0 Å². The van der Waals surface area contributed by atoms with Gasteiger partial charge in [0.05, 0.1) is 6.04 Å². The average molecular weight is 187 g/mol. The molecule has 1 fully saturated rings. The second-order valence-corrected chi connectivity index (χ2v) is 3.14. The molecule has 1 rings (SSSR count). The van der Waals surface area contributed by atoms with E-state index in [0.29, 0.717) is 0 Å². The van der Waals surface area contributed by atoms with Gasteiger partial charge in [-0.2, -0.15) is 0 Å². The molecule has 13 heavy (non-hydrogen) atoms. The molecular weight excluding hydrogens is 166 g/mol. The van der Waals surface area contributed by atoms with Crippen LogP contribution >= 0.6 is 0 Å². The summed E-state index contributed by atoms with van der Waals surface area (Å²) in [5.41, 5.74) is 0. The number of rotatable bonds is 2. The molecule has 0 aromatic heterocycles. The summed E-state index contributed by atoms with van der Waals surface area (Å²) in [5.74, 6) is 0.170. The van der Waals surface area contributed by atoms with Crippen molar-refractivity contribution in [2.24, 2.45) is 0 Å². The first kappa shape index (κ1) is 12.6. The van der Waals surface area contributed by atoms with E-state index in [1.807, 2.05) is 18.7 Å². The quantitative estimate of drug-likeness (QED) is 0.710. The lowest BCUT2D eigenvalue weighted by atomic mass is 10.1. The van der Waals surface area contributed by atoms with Gasteiger partial charge in [0, 0.05) is 6.54 Å². The Bertz CT molecular complexity index is 157. The van der Waals surface area contributed by atoms with Crippen molar-refractivity contribution in [3.8, 4) is 0 Å². The number of aliphatic hydroxyl groups excluding tert-OH is 1. The molecule has 78 valence electrons. The summed E-state index contributed by atoms with van der Waals surface area (Å²) in [6, 6.07) is -0.0324. The Morgan fingerprint density at radius 2 is 2.08 bits per heavy atom. The summed E-state index contributed by atoms with van der Waals surface area (Å²) in [6.45, 7) is 8.15. The molecule has 2 unspecified atom stereocenters. The number of likely N-dealkylation sites (tertiary alicyclic amines) is 1. The standard InChI is InChI=1S/C8H15NO2.C2H6/c1-6(10)8-4-3-5-9(8)7(2)11;1-2/h7-8,11H,3-5H2,1-2H3;1-2H3. The molecule has 1 aliphatic rings. The molecule has 3 heteroatoms. The summed E-state index contributed by atoms with van der Waals surface area (Å²) < 4.78 is 0. The highest BCUT2D eigenvalue weighted by atomic mass is 16.3. The lowest BCUT2D eigenvalue weighted by Gasteiger charge is -2.24. The number of nitrogens with zero attached hydrogens (tertiary/aromatic N) is 1. The highest BCUT2D eigenvalue weighted by Gasteiger charge is 2.30. The van der Waals surface area contributed by atoms with Gasteiger partial charge in [-0.1, -0.05) is 13.8 Å². The molecule has 0 amide bonds. The Labute approximate surface area is 80.7 Å². The minimum absolute atomic E-state index is 0.0324. The van der Waals surface area contributed by atoms with E-state index in [1.54, 1.807) is 13.8 Å². The van der Waals surface area contributed by atoms with Crippen LogP contribution in [0, 0.1) is 0 Å². The Morgan fingerprint density at radius 1 is 1.54 bits per heavy atom. The van der Waals surface area contributed by atoms with E-state index >= 15 is 0 Å². The van der Waals surface area contributed by atoms with E-state index < -0.39 is 6.23 Å². The second-order valence-electron chi connectivity index (χ2n) is 3.14. The van der Waals surface area contributed by atoms with Crippen LogP contribution in [-0.2, 0) is 4.79 Å². The lowest BCUT2D eigenvalue weighted by molar-refractivity contribution is -0.124. The summed E-state index contributed by atoms with van der Waals surface area (Å²) in [6.07, 6.45) is 1.45. The smallest absolute Gasteiger partial charge is 0.146 e. The Morgan fingerprint density at radius 3 is 2.38 bits per heavy atom. The third-order valence-electron chi connectivity index (χ3n) is 2.24. The van der Waals surface area contributed by atoms with Crippen LogP contribution < -0.4 is 0 Å². The van der Waals surface area contributed by atoms with Crippen molar-refractivity contribution >= 4 is 5.78 Å². The van der Waals surface area contributed by atoms with Crippen LogP contribution in [0.3, 0.4) is 0 Å². The van der Waals surface area contributed by atoms with E-state index in [9.17, 15) is 9.90 Å². The number of aliphatic hydroxyl groups is 1. The van der Waals surface area contributed by atoms with Crippen LogP contribution in [0.25, 0.3) is 0 Å². The molecule has 1 N–H and O–H groups in total. The highest BCUT2D eigenvalue weighted by Crippen LogP contribution is 2.19. The first-order valence-electron chi connectivity index (χ1n) is 5.07.